The van der Waals surface area contributed by atoms with Crippen LogP contribution in [0.5, 0.6) is 11.5 Å². The third kappa shape index (κ3) is 2.50. The minimum Gasteiger partial charge on any atom is -0.493 e. The van der Waals surface area contributed by atoms with Crippen molar-refractivity contribution >= 4 is 27.3 Å². The molecule has 1 aromatic carbocycles. The number of thiazole rings is 1. The van der Waals surface area contributed by atoms with Crippen molar-refractivity contribution in [2.45, 2.75) is 6.54 Å². The Balaban J connectivity index is 2.50. The number of hydrogen-bond donors (Lipinski definition) is 1. The normalized spacial score (nSPS) is 10.4. The van der Waals surface area contributed by atoms with Crippen molar-refractivity contribution in [2.24, 2.45) is 5.73 Å². The predicted molar refractivity (Wildman–Crippen MR) is 76.2 cm³/mol. The molecule has 0 aliphatic carbocycles. The van der Waals surface area contributed by atoms with Crippen LogP contribution in [-0.2, 0) is 6.54 Å². The van der Waals surface area contributed by atoms with E-state index < -0.39 is 0 Å². The molecule has 2 N–H and O–H groups in total. The van der Waals surface area contributed by atoms with Crippen LogP contribution in [0.2, 0.25) is 0 Å². The Hall–Kier alpha value is -1.11. The number of nitrogens with zero attached hydrogens (tertiary/aromatic N) is 1. The zero-order valence-electron chi connectivity index (χ0n) is 10.1. The standard InChI is InChI=1S/C12H13BrN2O2S/c1-16-10-3-7(8(13)4-11(10)17-2)9-6-18-12(5-14)15-9/h3-4,6H,5,14H2,1-2H3. The van der Waals surface area contributed by atoms with Crippen LogP contribution < -0.4 is 15.2 Å². The summed E-state index contributed by atoms with van der Waals surface area (Å²) in [5, 5.41) is 2.89. The lowest BCUT2D eigenvalue weighted by Crippen LogP contribution is -1.95. The van der Waals surface area contributed by atoms with E-state index in [2.05, 4.69) is 20.9 Å². The van der Waals surface area contributed by atoms with E-state index in [1.54, 1.807) is 25.6 Å². The largest absolute Gasteiger partial charge is 0.493 e. The van der Waals surface area contributed by atoms with Crippen LogP contribution in [0, 0.1) is 0 Å². The zero-order valence-corrected chi connectivity index (χ0v) is 12.5. The predicted octanol–water partition coefficient (Wildman–Crippen LogP) is 3.05. The van der Waals surface area contributed by atoms with E-state index in [4.69, 9.17) is 15.2 Å². The Kier molecular flexibility index (Phi) is 4.21. The fourth-order valence-electron chi connectivity index (χ4n) is 1.58. The van der Waals surface area contributed by atoms with E-state index in [1.807, 2.05) is 17.5 Å². The summed E-state index contributed by atoms with van der Waals surface area (Å²) >= 11 is 5.06. The number of aromatic nitrogens is 1. The van der Waals surface area contributed by atoms with Crippen molar-refractivity contribution in [1.29, 1.82) is 0 Å². The van der Waals surface area contributed by atoms with Crippen molar-refractivity contribution < 1.29 is 9.47 Å². The number of ether oxygens (including phenoxy) is 2. The number of hydrogen-bond acceptors (Lipinski definition) is 5. The topological polar surface area (TPSA) is 57.4 Å². The number of halogens is 1. The summed E-state index contributed by atoms with van der Waals surface area (Å²) in [5.41, 5.74) is 7.42. The van der Waals surface area contributed by atoms with Crippen LogP contribution in [0.3, 0.4) is 0 Å². The molecule has 1 aromatic heterocycles. The minimum absolute atomic E-state index is 0.454. The van der Waals surface area contributed by atoms with E-state index in [1.165, 1.54) is 0 Å². The van der Waals surface area contributed by atoms with E-state index in [0.29, 0.717) is 18.0 Å². The lowest BCUT2D eigenvalue weighted by Gasteiger charge is -2.10. The van der Waals surface area contributed by atoms with E-state index >= 15 is 0 Å². The van der Waals surface area contributed by atoms with Crippen molar-refractivity contribution in [3.8, 4) is 22.8 Å². The monoisotopic (exact) mass is 328 g/mol. The fraction of sp³-hybridized carbons (Fsp3) is 0.250. The Bertz CT molecular complexity index is 557. The smallest absolute Gasteiger partial charge is 0.161 e. The molecule has 0 atom stereocenters. The SMILES string of the molecule is COc1cc(Br)c(-c2csc(CN)n2)cc1OC. The van der Waals surface area contributed by atoms with Crippen molar-refractivity contribution in [1.82, 2.24) is 4.98 Å². The molecule has 0 spiro atoms. The molecule has 2 aromatic rings. The molecule has 6 heteroatoms. The number of benzene rings is 1. The summed E-state index contributed by atoms with van der Waals surface area (Å²) in [6, 6.07) is 3.77. The highest BCUT2D eigenvalue weighted by molar-refractivity contribution is 9.10. The maximum Gasteiger partial charge on any atom is 0.161 e. The quantitative estimate of drug-likeness (QED) is 0.937. The first-order chi connectivity index (χ1) is 8.69. The van der Waals surface area contributed by atoms with E-state index in [9.17, 15) is 0 Å². The average Bonchev–Trinajstić information content (AvgIpc) is 2.86. The van der Waals surface area contributed by atoms with Gasteiger partial charge in [-0.15, -0.1) is 11.3 Å². The number of rotatable bonds is 4. The molecule has 0 saturated carbocycles. The molecular weight excluding hydrogens is 316 g/mol. The lowest BCUT2D eigenvalue weighted by atomic mass is 10.1. The van der Waals surface area contributed by atoms with Crippen LogP contribution >= 0.6 is 27.3 Å². The van der Waals surface area contributed by atoms with Gasteiger partial charge in [0.05, 0.1) is 19.9 Å². The molecule has 0 radical (unpaired) electrons. The average molecular weight is 329 g/mol. The number of nitrogens with two attached hydrogens (primary N) is 1. The first kappa shape index (κ1) is 13.3. The van der Waals surface area contributed by atoms with Gasteiger partial charge in [-0.3, -0.25) is 0 Å². The summed E-state index contributed by atoms with van der Waals surface area (Å²) in [5.74, 6) is 1.36. The highest BCUT2D eigenvalue weighted by atomic mass is 79.9. The van der Waals surface area contributed by atoms with Crippen molar-refractivity contribution in [2.75, 3.05) is 14.2 Å². The molecule has 0 aliphatic heterocycles. The third-order valence-corrected chi connectivity index (χ3v) is 4.00. The molecule has 2 rings (SSSR count). The van der Waals surface area contributed by atoms with Gasteiger partial charge >= 0.3 is 0 Å². The maximum atomic E-state index is 5.57. The fourth-order valence-corrected chi connectivity index (χ4v) is 2.78. The van der Waals surface area contributed by atoms with Gasteiger partial charge in [-0.05, 0) is 28.1 Å². The summed E-state index contributed by atoms with van der Waals surface area (Å²) < 4.78 is 11.4. The van der Waals surface area contributed by atoms with E-state index in [0.717, 1.165) is 20.7 Å². The number of methoxy groups -OCH3 is 2. The first-order valence-electron chi connectivity index (χ1n) is 5.26. The molecule has 0 amide bonds. The molecule has 0 unspecified atom stereocenters. The van der Waals surface area contributed by atoms with Crippen LogP contribution in [-0.4, -0.2) is 19.2 Å². The van der Waals surface area contributed by atoms with Gasteiger partial charge < -0.3 is 15.2 Å². The maximum absolute atomic E-state index is 5.57. The molecule has 0 saturated heterocycles. The highest BCUT2D eigenvalue weighted by Gasteiger charge is 2.13. The van der Waals surface area contributed by atoms with Gasteiger partial charge in [0.2, 0.25) is 0 Å². The van der Waals surface area contributed by atoms with Gasteiger partial charge in [0.25, 0.3) is 0 Å². The zero-order chi connectivity index (χ0) is 13.1. The second-order valence-corrected chi connectivity index (χ2v) is 5.31. The Morgan fingerprint density at radius 3 is 2.50 bits per heavy atom. The third-order valence-electron chi connectivity index (χ3n) is 2.48. The summed E-state index contributed by atoms with van der Waals surface area (Å²) in [6.45, 7) is 0.454. The summed E-state index contributed by atoms with van der Waals surface area (Å²) in [6.07, 6.45) is 0. The van der Waals surface area contributed by atoms with Gasteiger partial charge in [0, 0.05) is 22.0 Å². The lowest BCUT2D eigenvalue weighted by molar-refractivity contribution is 0.355. The van der Waals surface area contributed by atoms with Gasteiger partial charge in [0.15, 0.2) is 11.5 Å². The van der Waals surface area contributed by atoms with Crippen molar-refractivity contribution in [3.05, 3.63) is 27.0 Å². The molecular formula is C12H13BrN2O2S. The van der Waals surface area contributed by atoms with Crippen LogP contribution in [0.25, 0.3) is 11.3 Å². The van der Waals surface area contributed by atoms with Crippen LogP contribution in [0.1, 0.15) is 5.01 Å². The molecule has 0 aliphatic rings. The van der Waals surface area contributed by atoms with Crippen LogP contribution in [0.15, 0.2) is 22.0 Å². The Morgan fingerprint density at radius 2 is 1.94 bits per heavy atom. The molecule has 0 bridgehead atoms. The Labute approximate surface area is 118 Å². The highest BCUT2D eigenvalue weighted by Crippen LogP contribution is 2.38. The second-order valence-electron chi connectivity index (χ2n) is 3.52. The second kappa shape index (κ2) is 5.69. The molecule has 1 heterocycles. The van der Waals surface area contributed by atoms with Gasteiger partial charge in [-0.1, -0.05) is 0 Å². The van der Waals surface area contributed by atoms with Gasteiger partial charge in [0.1, 0.15) is 5.01 Å². The minimum atomic E-state index is 0.454. The molecule has 96 valence electrons. The first-order valence-corrected chi connectivity index (χ1v) is 6.93. The summed E-state index contributed by atoms with van der Waals surface area (Å²) in [7, 11) is 3.22. The molecule has 0 fully saturated rings. The molecule has 4 nitrogen and oxygen atoms in total. The van der Waals surface area contributed by atoms with Gasteiger partial charge in [-0.2, -0.15) is 0 Å². The van der Waals surface area contributed by atoms with Crippen molar-refractivity contribution in [3.63, 3.8) is 0 Å². The summed E-state index contributed by atoms with van der Waals surface area (Å²) in [4.78, 5) is 4.46. The Morgan fingerprint density at radius 1 is 1.28 bits per heavy atom. The van der Waals surface area contributed by atoms with E-state index in [-0.39, 0.29) is 0 Å². The molecule has 18 heavy (non-hydrogen) atoms. The van der Waals surface area contributed by atoms with Gasteiger partial charge in [-0.25, -0.2) is 4.98 Å². The van der Waals surface area contributed by atoms with Crippen LogP contribution in [0.4, 0.5) is 0 Å².